The first-order chi connectivity index (χ1) is 12.0. The minimum atomic E-state index is -0.295. The molecule has 0 spiro atoms. The minimum Gasteiger partial charge on any atom is -0.459 e. The maximum atomic E-state index is 12.3. The number of carbonyl (C=O) groups excluding carboxylic acids is 2. The molecule has 1 N–H and O–H groups in total. The Morgan fingerprint density at radius 3 is 2.32 bits per heavy atom. The highest BCUT2D eigenvalue weighted by atomic mass is 16.5. The Morgan fingerprint density at radius 1 is 1.00 bits per heavy atom. The molecule has 1 atom stereocenters. The van der Waals surface area contributed by atoms with Gasteiger partial charge >= 0.3 is 5.97 Å². The third kappa shape index (κ3) is 5.45. The molecule has 2 aromatic rings. The molecule has 4 nitrogen and oxygen atoms in total. The predicted molar refractivity (Wildman–Crippen MR) is 101 cm³/mol. The number of esters is 1. The van der Waals surface area contributed by atoms with Crippen molar-refractivity contribution < 1.29 is 14.3 Å². The van der Waals surface area contributed by atoms with E-state index >= 15 is 0 Å². The fourth-order valence-corrected chi connectivity index (χ4v) is 2.57. The van der Waals surface area contributed by atoms with Crippen molar-refractivity contribution in [3.63, 3.8) is 0 Å². The monoisotopic (exact) mass is 339 g/mol. The molecule has 2 aromatic carbocycles. The summed E-state index contributed by atoms with van der Waals surface area (Å²) in [6.07, 6.45) is 2.65. The van der Waals surface area contributed by atoms with E-state index in [0.717, 1.165) is 30.6 Å². The Balaban J connectivity index is 2.07. The van der Waals surface area contributed by atoms with Crippen LogP contribution in [0.1, 0.15) is 60.7 Å². The Bertz CT molecular complexity index is 722. The molecule has 0 amide bonds. The van der Waals surface area contributed by atoms with Crippen LogP contribution >= 0.6 is 0 Å². The van der Waals surface area contributed by atoms with E-state index < -0.39 is 0 Å². The van der Waals surface area contributed by atoms with E-state index in [0.29, 0.717) is 11.1 Å². The Morgan fingerprint density at radius 2 is 1.72 bits per heavy atom. The molecular formula is C21H25NO3. The Hall–Kier alpha value is -2.62. The summed E-state index contributed by atoms with van der Waals surface area (Å²) in [5.41, 5.74) is 2.85. The lowest BCUT2D eigenvalue weighted by Gasteiger charge is -2.15. The van der Waals surface area contributed by atoms with Crippen LogP contribution in [-0.2, 0) is 4.74 Å². The molecule has 0 saturated carbocycles. The lowest BCUT2D eigenvalue weighted by Crippen LogP contribution is -2.17. The molecule has 0 aromatic heterocycles. The standard InChI is InChI=1S/C21H25NO3/c1-4-7-20(5-2)25-21(24)17-8-6-9-19(14-17)22-18-12-10-16(11-13-18)15(3)23/h6,8-14,20,22H,4-5,7H2,1-3H3. The van der Waals surface area contributed by atoms with Crippen LogP contribution in [0.2, 0.25) is 0 Å². The van der Waals surface area contributed by atoms with Crippen molar-refractivity contribution in [1.29, 1.82) is 0 Å². The second-order valence-corrected chi connectivity index (χ2v) is 6.06. The van der Waals surface area contributed by atoms with Crippen LogP contribution in [0.4, 0.5) is 11.4 Å². The summed E-state index contributed by atoms with van der Waals surface area (Å²) in [7, 11) is 0. The van der Waals surface area contributed by atoms with Crippen LogP contribution in [0.5, 0.6) is 0 Å². The van der Waals surface area contributed by atoms with Gasteiger partial charge in [-0.3, -0.25) is 4.79 Å². The molecule has 0 aliphatic carbocycles. The average Bonchev–Trinajstić information content (AvgIpc) is 2.62. The van der Waals surface area contributed by atoms with Crippen molar-refractivity contribution in [2.75, 3.05) is 5.32 Å². The molecule has 0 fully saturated rings. The smallest absolute Gasteiger partial charge is 0.338 e. The van der Waals surface area contributed by atoms with Gasteiger partial charge in [-0.1, -0.05) is 26.3 Å². The molecule has 1 unspecified atom stereocenters. The SMILES string of the molecule is CCCC(CC)OC(=O)c1cccc(Nc2ccc(C(C)=O)cc2)c1. The molecule has 0 bridgehead atoms. The summed E-state index contributed by atoms with van der Waals surface area (Å²) in [4.78, 5) is 23.6. The fraction of sp³-hybridized carbons (Fsp3) is 0.333. The normalized spacial score (nSPS) is 11.6. The van der Waals surface area contributed by atoms with Crippen molar-refractivity contribution in [3.05, 3.63) is 59.7 Å². The van der Waals surface area contributed by atoms with E-state index in [2.05, 4.69) is 12.2 Å². The molecule has 0 aliphatic heterocycles. The number of anilines is 2. The number of nitrogens with one attached hydrogen (secondary N) is 1. The number of carbonyl (C=O) groups is 2. The maximum Gasteiger partial charge on any atom is 0.338 e. The minimum absolute atomic E-state index is 0.0340. The Kier molecular flexibility index (Phi) is 6.75. The molecule has 4 heteroatoms. The predicted octanol–water partition coefficient (Wildman–Crippen LogP) is 5.37. The van der Waals surface area contributed by atoms with Gasteiger partial charge in [0, 0.05) is 16.9 Å². The molecule has 25 heavy (non-hydrogen) atoms. The van der Waals surface area contributed by atoms with Crippen LogP contribution in [0, 0.1) is 0 Å². The van der Waals surface area contributed by atoms with Gasteiger partial charge in [0.15, 0.2) is 5.78 Å². The van der Waals surface area contributed by atoms with Crippen LogP contribution in [0.15, 0.2) is 48.5 Å². The van der Waals surface area contributed by atoms with Crippen molar-refractivity contribution in [2.45, 2.75) is 46.1 Å². The van der Waals surface area contributed by atoms with E-state index in [4.69, 9.17) is 4.74 Å². The van der Waals surface area contributed by atoms with Crippen molar-refractivity contribution in [1.82, 2.24) is 0 Å². The van der Waals surface area contributed by atoms with Crippen molar-refractivity contribution >= 4 is 23.1 Å². The number of ether oxygens (including phenoxy) is 1. The van der Waals surface area contributed by atoms with E-state index in [9.17, 15) is 9.59 Å². The summed E-state index contributed by atoms with van der Waals surface area (Å²) in [6.45, 7) is 5.65. The number of benzene rings is 2. The molecule has 0 heterocycles. The lowest BCUT2D eigenvalue weighted by atomic mass is 10.1. The van der Waals surface area contributed by atoms with Crippen LogP contribution in [-0.4, -0.2) is 17.9 Å². The highest BCUT2D eigenvalue weighted by molar-refractivity contribution is 5.94. The first kappa shape index (κ1) is 18.7. The van der Waals surface area contributed by atoms with Gasteiger partial charge in [-0.05, 0) is 62.2 Å². The average molecular weight is 339 g/mol. The van der Waals surface area contributed by atoms with E-state index in [1.807, 2.05) is 31.2 Å². The van der Waals surface area contributed by atoms with Gasteiger partial charge in [-0.15, -0.1) is 0 Å². The van der Waals surface area contributed by atoms with Gasteiger partial charge < -0.3 is 10.1 Å². The third-order valence-corrected chi connectivity index (χ3v) is 4.02. The summed E-state index contributed by atoms with van der Waals surface area (Å²) in [6, 6.07) is 14.5. The van der Waals surface area contributed by atoms with Gasteiger partial charge in [0.05, 0.1) is 5.56 Å². The summed E-state index contributed by atoms with van der Waals surface area (Å²) in [5.74, 6) is -0.260. The van der Waals surface area contributed by atoms with E-state index in [-0.39, 0.29) is 17.9 Å². The largest absolute Gasteiger partial charge is 0.459 e. The van der Waals surface area contributed by atoms with Crippen LogP contribution in [0.3, 0.4) is 0 Å². The summed E-state index contributed by atoms with van der Waals surface area (Å²) >= 11 is 0. The topological polar surface area (TPSA) is 55.4 Å². The zero-order valence-corrected chi connectivity index (χ0v) is 15.0. The second-order valence-electron chi connectivity index (χ2n) is 6.06. The van der Waals surface area contributed by atoms with Crippen molar-refractivity contribution in [2.24, 2.45) is 0 Å². The number of Topliss-reactive ketones (excluding diaryl/α,β-unsaturated/α-hetero) is 1. The van der Waals surface area contributed by atoms with Crippen LogP contribution in [0.25, 0.3) is 0 Å². The highest BCUT2D eigenvalue weighted by Crippen LogP contribution is 2.20. The highest BCUT2D eigenvalue weighted by Gasteiger charge is 2.14. The molecule has 0 saturated heterocycles. The lowest BCUT2D eigenvalue weighted by molar-refractivity contribution is 0.0271. The number of hydrogen-bond donors (Lipinski definition) is 1. The fourth-order valence-electron chi connectivity index (χ4n) is 2.57. The van der Waals surface area contributed by atoms with Gasteiger partial charge in [-0.2, -0.15) is 0 Å². The zero-order valence-electron chi connectivity index (χ0n) is 15.0. The maximum absolute atomic E-state index is 12.3. The van der Waals surface area contributed by atoms with Gasteiger partial charge in [0.25, 0.3) is 0 Å². The number of rotatable bonds is 8. The summed E-state index contributed by atoms with van der Waals surface area (Å²) in [5, 5.41) is 3.24. The zero-order chi connectivity index (χ0) is 18.2. The number of hydrogen-bond acceptors (Lipinski definition) is 4. The third-order valence-electron chi connectivity index (χ3n) is 4.02. The van der Waals surface area contributed by atoms with Gasteiger partial charge in [0.2, 0.25) is 0 Å². The number of ketones is 1. The molecule has 0 aliphatic rings. The first-order valence-electron chi connectivity index (χ1n) is 8.72. The van der Waals surface area contributed by atoms with Gasteiger partial charge in [-0.25, -0.2) is 4.79 Å². The molecule has 0 radical (unpaired) electrons. The van der Waals surface area contributed by atoms with Crippen LogP contribution < -0.4 is 5.32 Å². The quantitative estimate of drug-likeness (QED) is 0.519. The van der Waals surface area contributed by atoms with E-state index in [1.54, 1.807) is 31.2 Å². The van der Waals surface area contributed by atoms with Gasteiger partial charge in [0.1, 0.15) is 6.10 Å². The molecule has 132 valence electrons. The van der Waals surface area contributed by atoms with E-state index in [1.165, 1.54) is 0 Å². The molecule has 2 rings (SSSR count). The molecular weight excluding hydrogens is 314 g/mol. The van der Waals surface area contributed by atoms with Crippen molar-refractivity contribution in [3.8, 4) is 0 Å². The second kappa shape index (κ2) is 9.02. The first-order valence-corrected chi connectivity index (χ1v) is 8.72. The Labute approximate surface area is 149 Å². The summed E-state index contributed by atoms with van der Waals surface area (Å²) < 4.78 is 5.57.